The molecule has 2 amide bonds. The molecule has 2 aromatic heterocycles. The fraction of sp³-hybridized carbons (Fsp3) is 0.409. The number of carbonyl (C=O) groups is 2. The van der Waals surface area contributed by atoms with Crippen LogP contribution in [0.5, 0.6) is 0 Å². The van der Waals surface area contributed by atoms with Crippen molar-refractivity contribution >= 4 is 29.2 Å². The third kappa shape index (κ3) is 3.69. The van der Waals surface area contributed by atoms with Gasteiger partial charge in [0.15, 0.2) is 28.6 Å². The van der Waals surface area contributed by atoms with E-state index in [1.54, 1.807) is 9.80 Å². The van der Waals surface area contributed by atoms with E-state index in [9.17, 15) is 18.4 Å². The lowest BCUT2D eigenvalue weighted by atomic mass is 10.1. The smallest absolute Gasteiger partial charge is 0.254 e. The lowest BCUT2D eigenvalue weighted by Gasteiger charge is -2.36. The van der Waals surface area contributed by atoms with Crippen LogP contribution in [0, 0.1) is 5.82 Å². The molecule has 2 aliphatic heterocycles. The second kappa shape index (κ2) is 8.29. The predicted octanol–water partition coefficient (Wildman–Crippen LogP) is 3.92. The van der Waals surface area contributed by atoms with E-state index < -0.39 is 18.0 Å². The van der Waals surface area contributed by atoms with Gasteiger partial charge in [-0.05, 0) is 56.1 Å². The average molecular weight is 473 g/mol. The lowest BCUT2D eigenvalue weighted by Crippen LogP contribution is -2.42. The molecular formula is C22H22F2N6O2S. The van der Waals surface area contributed by atoms with Gasteiger partial charge >= 0.3 is 0 Å². The summed E-state index contributed by atoms with van der Waals surface area (Å²) in [5.74, 6) is 0.469. The summed E-state index contributed by atoms with van der Waals surface area (Å²) < 4.78 is 33.1. The molecule has 1 saturated heterocycles. The van der Waals surface area contributed by atoms with E-state index in [4.69, 9.17) is 4.98 Å². The molecule has 0 radical (unpaired) electrons. The molecule has 11 heteroatoms. The minimum Gasteiger partial charge on any atom is -0.328 e. The summed E-state index contributed by atoms with van der Waals surface area (Å²) in [6.07, 6.45) is -0.125. The van der Waals surface area contributed by atoms with Crippen LogP contribution in [0.1, 0.15) is 60.8 Å². The highest BCUT2D eigenvalue weighted by molar-refractivity contribution is 7.09. The molecule has 1 aromatic carbocycles. The van der Waals surface area contributed by atoms with Gasteiger partial charge in [-0.3, -0.25) is 14.5 Å². The molecule has 4 heterocycles. The maximum atomic E-state index is 13.7. The Bertz CT molecular complexity index is 1220. The Labute approximate surface area is 193 Å². The summed E-state index contributed by atoms with van der Waals surface area (Å²) >= 11 is 1.06. The van der Waals surface area contributed by atoms with Gasteiger partial charge in [-0.2, -0.15) is 4.37 Å². The summed E-state index contributed by atoms with van der Waals surface area (Å²) in [7, 11) is 0. The van der Waals surface area contributed by atoms with Gasteiger partial charge < -0.3 is 9.47 Å². The average Bonchev–Trinajstić information content (AvgIpc) is 3.52. The maximum Gasteiger partial charge on any atom is 0.254 e. The highest BCUT2D eigenvalue weighted by Crippen LogP contribution is 2.39. The van der Waals surface area contributed by atoms with Gasteiger partial charge in [0.05, 0.1) is 11.7 Å². The number of anilines is 1. The van der Waals surface area contributed by atoms with Gasteiger partial charge in [-0.15, -0.1) is 0 Å². The Morgan fingerprint density at radius 1 is 1.18 bits per heavy atom. The number of hydrogen-bond donors (Lipinski definition) is 0. The number of fused-ring (bicyclic) bond motifs is 1. The van der Waals surface area contributed by atoms with E-state index in [1.165, 1.54) is 31.2 Å². The lowest BCUT2D eigenvalue weighted by molar-refractivity contribution is -0.117. The highest BCUT2D eigenvalue weighted by atomic mass is 32.1. The topological polar surface area (TPSA) is 84.2 Å². The van der Waals surface area contributed by atoms with Crippen LogP contribution in [-0.4, -0.2) is 48.7 Å². The van der Waals surface area contributed by atoms with Crippen molar-refractivity contribution in [3.63, 3.8) is 0 Å². The van der Waals surface area contributed by atoms with Crippen molar-refractivity contribution in [3.8, 4) is 10.8 Å². The van der Waals surface area contributed by atoms with Gasteiger partial charge in [0.2, 0.25) is 5.91 Å². The number of imidazole rings is 1. The molecule has 172 valence electrons. The second-order valence-electron chi connectivity index (χ2n) is 8.20. The van der Waals surface area contributed by atoms with Crippen molar-refractivity contribution < 1.29 is 18.4 Å². The Hall–Kier alpha value is -3.21. The first-order valence-electron chi connectivity index (χ1n) is 10.8. The number of rotatable bonds is 4. The third-order valence-electron chi connectivity index (χ3n) is 6.09. The van der Waals surface area contributed by atoms with Crippen LogP contribution in [0.15, 0.2) is 24.3 Å². The summed E-state index contributed by atoms with van der Waals surface area (Å²) in [4.78, 5) is 38.2. The van der Waals surface area contributed by atoms with Crippen molar-refractivity contribution in [2.45, 2.75) is 45.4 Å². The number of amides is 2. The van der Waals surface area contributed by atoms with E-state index in [0.717, 1.165) is 23.6 Å². The van der Waals surface area contributed by atoms with Crippen molar-refractivity contribution in [2.75, 3.05) is 18.0 Å². The fourth-order valence-corrected chi connectivity index (χ4v) is 5.14. The molecule has 1 fully saturated rings. The summed E-state index contributed by atoms with van der Waals surface area (Å²) in [6.45, 7) is 4.63. The van der Waals surface area contributed by atoms with Gasteiger partial charge in [0, 0.05) is 31.6 Å². The summed E-state index contributed by atoms with van der Waals surface area (Å²) in [5.41, 5.74) is 1.12. The van der Waals surface area contributed by atoms with Crippen molar-refractivity contribution in [1.29, 1.82) is 0 Å². The Kier molecular flexibility index (Phi) is 5.43. The van der Waals surface area contributed by atoms with Crippen LogP contribution in [0.4, 0.5) is 14.6 Å². The first-order chi connectivity index (χ1) is 15.8. The SMILES string of the molecule is CC(F)c1nsc(-c2nc(N3CCCC3=O)c3n2CCN(C(=O)c2ccc(F)cc2)[C@@H]3C)n1. The predicted molar refractivity (Wildman–Crippen MR) is 118 cm³/mol. The molecule has 33 heavy (non-hydrogen) atoms. The van der Waals surface area contributed by atoms with Crippen LogP contribution in [-0.2, 0) is 11.3 Å². The third-order valence-corrected chi connectivity index (χ3v) is 6.81. The zero-order valence-corrected chi connectivity index (χ0v) is 19.0. The molecule has 1 unspecified atom stereocenters. The number of aromatic nitrogens is 4. The molecule has 2 aliphatic rings. The van der Waals surface area contributed by atoms with Gasteiger partial charge in [0.25, 0.3) is 5.91 Å². The monoisotopic (exact) mass is 472 g/mol. The number of carbonyl (C=O) groups excluding carboxylic acids is 2. The molecule has 0 aliphatic carbocycles. The zero-order chi connectivity index (χ0) is 23.3. The van der Waals surface area contributed by atoms with Gasteiger partial charge in [0.1, 0.15) is 5.82 Å². The molecule has 0 saturated carbocycles. The van der Waals surface area contributed by atoms with E-state index >= 15 is 0 Å². The van der Waals surface area contributed by atoms with Crippen molar-refractivity contribution in [1.82, 2.24) is 23.8 Å². The van der Waals surface area contributed by atoms with Crippen LogP contribution in [0.3, 0.4) is 0 Å². The highest BCUT2D eigenvalue weighted by Gasteiger charge is 2.38. The van der Waals surface area contributed by atoms with Crippen LogP contribution in [0.2, 0.25) is 0 Å². The number of halogens is 2. The molecule has 0 spiro atoms. The minimum atomic E-state index is -1.30. The normalized spacial score (nSPS) is 19.2. The minimum absolute atomic E-state index is 0.0213. The molecule has 3 aromatic rings. The Balaban J connectivity index is 1.57. The van der Waals surface area contributed by atoms with Crippen LogP contribution < -0.4 is 4.90 Å². The molecular weight excluding hydrogens is 450 g/mol. The van der Waals surface area contributed by atoms with E-state index in [-0.39, 0.29) is 17.6 Å². The standard InChI is InChI=1S/C22H22F2N6O2S/c1-12(23)18-25-21(33-27-18)20-26-19(29-9-3-4-16(29)31)17-13(2)28(10-11-30(17)20)22(32)14-5-7-15(24)8-6-14/h5-8,12-13H,3-4,9-11H2,1-2H3/t12?,13-/m1/s1. The fourth-order valence-electron chi connectivity index (χ4n) is 4.40. The number of nitrogens with zero attached hydrogens (tertiary/aromatic N) is 6. The van der Waals surface area contributed by atoms with E-state index in [0.29, 0.717) is 48.3 Å². The Morgan fingerprint density at radius 2 is 1.94 bits per heavy atom. The number of hydrogen-bond acceptors (Lipinski definition) is 6. The molecule has 2 atom stereocenters. The van der Waals surface area contributed by atoms with Crippen LogP contribution in [0.25, 0.3) is 10.8 Å². The molecule has 0 N–H and O–H groups in total. The molecule has 0 bridgehead atoms. The largest absolute Gasteiger partial charge is 0.328 e. The van der Waals surface area contributed by atoms with Crippen molar-refractivity contribution in [2.24, 2.45) is 0 Å². The first kappa shape index (κ1) is 21.6. The quantitative estimate of drug-likeness (QED) is 0.575. The second-order valence-corrected chi connectivity index (χ2v) is 8.95. The zero-order valence-electron chi connectivity index (χ0n) is 18.2. The van der Waals surface area contributed by atoms with E-state index in [2.05, 4.69) is 9.36 Å². The number of alkyl halides is 1. The first-order valence-corrected chi connectivity index (χ1v) is 11.6. The van der Waals surface area contributed by atoms with Gasteiger partial charge in [-0.1, -0.05) is 0 Å². The summed E-state index contributed by atoms with van der Waals surface area (Å²) in [6, 6.07) is 5.06. The Morgan fingerprint density at radius 3 is 2.58 bits per heavy atom. The van der Waals surface area contributed by atoms with E-state index in [1.807, 2.05) is 11.5 Å². The number of benzene rings is 1. The summed E-state index contributed by atoms with van der Waals surface area (Å²) in [5, 5.41) is 0.471. The molecule has 5 rings (SSSR count). The van der Waals surface area contributed by atoms with Crippen LogP contribution >= 0.6 is 11.5 Å². The maximum absolute atomic E-state index is 13.7. The van der Waals surface area contributed by atoms with Gasteiger partial charge in [-0.25, -0.2) is 18.7 Å². The molecule has 8 nitrogen and oxygen atoms in total. The van der Waals surface area contributed by atoms with Crippen molar-refractivity contribution in [3.05, 3.63) is 47.2 Å².